The molecule has 0 bridgehead atoms. The zero-order valence-electron chi connectivity index (χ0n) is 17.9. The molecule has 0 fully saturated rings. The minimum absolute atomic E-state index is 0.0500. The van der Waals surface area contributed by atoms with Crippen LogP contribution in [0.5, 0.6) is 0 Å². The van der Waals surface area contributed by atoms with Gasteiger partial charge in [0.1, 0.15) is 0 Å². The van der Waals surface area contributed by atoms with E-state index in [2.05, 4.69) is 0 Å². The van der Waals surface area contributed by atoms with Crippen LogP contribution in [0.25, 0.3) is 0 Å². The SMILES string of the molecule is CC(=O)N1c2ccccc2[C@@H](N(c2ccccc2)S(=O)(=O)c2ccc(C)cc2)C[C@H]1C. The number of anilines is 2. The number of rotatable bonds is 4. The molecule has 160 valence electrons. The van der Waals surface area contributed by atoms with E-state index in [1.165, 1.54) is 4.31 Å². The van der Waals surface area contributed by atoms with Crippen LogP contribution < -0.4 is 9.21 Å². The van der Waals surface area contributed by atoms with Crippen molar-refractivity contribution in [1.82, 2.24) is 0 Å². The van der Waals surface area contributed by atoms with Gasteiger partial charge in [0.15, 0.2) is 0 Å². The van der Waals surface area contributed by atoms with Crippen molar-refractivity contribution in [2.75, 3.05) is 9.21 Å². The van der Waals surface area contributed by atoms with E-state index in [4.69, 9.17) is 0 Å². The standard InChI is InChI=1S/C25H26N2O3S/c1-18-13-15-22(16-14-18)31(29,30)27(21-9-5-4-6-10-21)25-17-19(2)26(20(3)28)24-12-8-7-11-23(24)25/h4-16,19,25H,17H2,1-3H3/t19-,25+/m1/s1. The molecule has 1 aliphatic heterocycles. The van der Waals surface area contributed by atoms with Crippen LogP contribution in [0.1, 0.15) is 37.4 Å². The predicted molar refractivity (Wildman–Crippen MR) is 124 cm³/mol. The van der Waals surface area contributed by atoms with Gasteiger partial charge < -0.3 is 4.90 Å². The number of nitrogens with zero attached hydrogens (tertiary/aromatic N) is 2. The lowest BCUT2D eigenvalue weighted by Gasteiger charge is -2.43. The number of para-hydroxylation sites is 2. The molecule has 0 spiro atoms. The van der Waals surface area contributed by atoms with Crippen LogP contribution >= 0.6 is 0 Å². The van der Waals surface area contributed by atoms with Gasteiger partial charge in [0.25, 0.3) is 10.0 Å². The third-order valence-electron chi connectivity index (χ3n) is 5.77. The van der Waals surface area contributed by atoms with E-state index < -0.39 is 16.1 Å². The van der Waals surface area contributed by atoms with Crippen molar-refractivity contribution in [3.05, 3.63) is 90.0 Å². The van der Waals surface area contributed by atoms with Crippen LogP contribution in [0.4, 0.5) is 11.4 Å². The van der Waals surface area contributed by atoms with Gasteiger partial charge in [0.2, 0.25) is 5.91 Å². The van der Waals surface area contributed by atoms with Gasteiger partial charge in [0.05, 0.1) is 16.6 Å². The highest BCUT2D eigenvalue weighted by Gasteiger charge is 2.40. The molecule has 0 saturated carbocycles. The molecule has 0 saturated heterocycles. The smallest absolute Gasteiger partial charge is 0.264 e. The minimum Gasteiger partial charge on any atom is -0.309 e. The zero-order valence-corrected chi connectivity index (χ0v) is 18.7. The molecule has 3 aromatic carbocycles. The lowest BCUT2D eigenvalue weighted by atomic mass is 9.91. The predicted octanol–water partition coefficient (Wildman–Crippen LogP) is 5.08. The first kappa shape index (κ1) is 21.1. The molecule has 1 heterocycles. The van der Waals surface area contributed by atoms with E-state index in [-0.39, 0.29) is 16.8 Å². The zero-order chi connectivity index (χ0) is 22.2. The van der Waals surface area contributed by atoms with Crippen molar-refractivity contribution in [1.29, 1.82) is 0 Å². The number of fused-ring (bicyclic) bond motifs is 1. The molecule has 5 nitrogen and oxygen atoms in total. The van der Waals surface area contributed by atoms with Crippen LogP contribution in [0.3, 0.4) is 0 Å². The van der Waals surface area contributed by atoms with E-state index in [1.54, 1.807) is 24.0 Å². The summed E-state index contributed by atoms with van der Waals surface area (Å²) < 4.78 is 29.4. The van der Waals surface area contributed by atoms with Crippen molar-refractivity contribution in [2.45, 2.75) is 44.2 Å². The average Bonchev–Trinajstić information content (AvgIpc) is 2.74. The quantitative estimate of drug-likeness (QED) is 0.576. The van der Waals surface area contributed by atoms with Gasteiger partial charge in [-0.25, -0.2) is 8.42 Å². The maximum atomic E-state index is 13.9. The fourth-order valence-corrected chi connectivity index (χ4v) is 6.01. The van der Waals surface area contributed by atoms with Gasteiger partial charge in [-0.2, -0.15) is 0 Å². The fourth-order valence-electron chi connectivity index (χ4n) is 4.37. The lowest BCUT2D eigenvalue weighted by molar-refractivity contribution is -0.117. The summed E-state index contributed by atoms with van der Waals surface area (Å²) in [6.07, 6.45) is 0.497. The van der Waals surface area contributed by atoms with Crippen molar-refractivity contribution in [2.24, 2.45) is 0 Å². The summed E-state index contributed by atoms with van der Waals surface area (Å²) in [5.74, 6) is -0.0500. The lowest BCUT2D eigenvalue weighted by Crippen LogP contribution is -2.47. The Hall–Kier alpha value is -3.12. The topological polar surface area (TPSA) is 57.7 Å². The van der Waals surface area contributed by atoms with Crippen molar-refractivity contribution in [3.8, 4) is 0 Å². The number of carbonyl (C=O) groups is 1. The van der Waals surface area contributed by atoms with E-state index in [1.807, 2.05) is 80.6 Å². The van der Waals surface area contributed by atoms with E-state index in [9.17, 15) is 13.2 Å². The number of amides is 1. The number of hydrogen-bond donors (Lipinski definition) is 0. The highest BCUT2D eigenvalue weighted by molar-refractivity contribution is 7.92. The summed E-state index contributed by atoms with van der Waals surface area (Å²) in [6.45, 7) is 5.44. The van der Waals surface area contributed by atoms with Gasteiger partial charge in [0, 0.05) is 18.7 Å². The molecule has 0 N–H and O–H groups in total. The second-order valence-corrected chi connectivity index (χ2v) is 9.81. The van der Waals surface area contributed by atoms with Crippen LogP contribution in [0.2, 0.25) is 0 Å². The number of carbonyl (C=O) groups excluding carboxylic acids is 1. The maximum absolute atomic E-state index is 13.9. The van der Waals surface area contributed by atoms with Gasteiger partial charge in [-0.15, -0.1) is 0 Å². The molecule has 0 radical (unpaired) electrons. The third-order valence-corrected chi connectivity index (χ3v) is 7.62. The van der Waals surface area contributed by atoms with Crippen LogP contribution in [0, 0.1) is 6.92 Å². The Morgan fingerprint density at radius 3 is 2.19 bits per heavy atom. The van der Waals surface area contributed by atoms with Crippen molar-refractivity contribution >= 4 is 27.3 Å². The molecule has 6 heteroatoms. The maximum Gasteiger partial charge on any atom is 0.264 e. The van der Waals surface area contributed by atoms with Crippen LogP contribution in [-0.2, 0) is 14.8 Å². The highest BCUT2D eigenvalue weighted by Crippen LogP contribution is 2.44. The summed E-state index contributed by atoms with van der Waals surface area (Å²) in [4.78, 5) is 14.4. The summed E-state index contributed by atoms with van der Waals surface area (Å²) in [5.41, 5.74) is 3.19. The Balaban J connectivity index is 1.92. The summed E-state index contributed by atoms with van der Waals surface area (Å²) in [6, 6.07) is 23.1. The number of aryl methyl sites for hydroxylation is 1. The summed E-state index contributed by atoms with van der Waals surface area (Å²) in [5, 5.41) is 0. The Bertz CT molecular complexity index is 1190. The second-order valence-electron chi connectivity index (χ2n) is 8.00. The van der Waals surface area contributed by atoms with Crippen LogP contribution in [-0.4, -0.2) is 20.4 Å². The van der Waals surface area contributed by atoms with Gasteiger partial charge in [-0.1, -0.05) is 54.1 Å². The number of hydrogen-bond acceptors (Lipinski definition) is 3. The van der Waals surface area contributed by atoms with Gasteiger partial charge in [-0.3, -0.25) is 9.10 Å². The third kappa shape index (κ3) is 3.83. The first-order valence-electron chi connectivity index (χ1n) is 10.4. The fraction of sp³-hybridized carbons (Fsp3) is 0.240. The first-order valence-corrected chi connectivity index (χ1v) is 11.8. The highest BCUT2D eigenvalue weighted by atomic mass is 32.2. The molecule has 0 unspecified atom stereocenters. The molecule has 1 aliphatic rings. The molecule has 0 aromatic heterocycles. The monoisotopic (exact) mass is 434 g/mol. The van der Waals surface area contributed by atoms with E-state index >= 15 is 0 Å². The van der Waals surface area contributed by atoms with Crippen LogP contribution in [0.15, 0.2) is 83.8 Å². The summed E-state index contributed by atoms with van der Waals surface area (Å²) >= 11 is 0. The Morgan fingerprint density at radius 1 is 0.935 bits per heavy atom. The molecule has 3 aromatic rings. The molecule has 1 amide bonds. The molecular formula is C25H26N2O3S. The summed E-state index contributed by atoms with van der Waals surface area (Å²) in [7, 11) is -3.84. The number of benzene rings is 3. The largest absolute Gasteiger partial charge is 0.309 e. The van der Waals surface area contributed by atoms with Crippen molar-refractivity contribution < 1.29 is 13.2 Å². The van der Waals surface area contributed by atoms with E-state index in [0.29, 0.717) is 12.1 Å². The molecule has 2 atom stereocenters. The second kappa shape index (κ2) is 8.19. The Labute approximate surface area is 184 Å². The number of sulfonamides is 1. The molecule has 4 rings (SSSR count). The van der Waals surface area contributed by atoms with E-state index in [0.717, 1.165) is 16.8 Å². The van der Waals surface area contributed by atoms with Crippen molar-refractivity contribution in [3.63, 3.8) is 0 Å². The first-order chi connectivity index (χ1) is 14.8. The Morgan fingerprint density at radius 2 is 1.55 bits per heavy atom. The molecular weight excluding hydrogens is 408 g/mol. The molecule has 31 heavy (non-hydrogen) atoms. The van der Waals surface area contributed by atoms with Gasteiger partial charge >= 0.3 is 0 Å². The van der Waals surface area contributed by atoms with Gasteiger partial charge in [-0.05, 0) is 56.2 Å². The molecule has 0 aliphatic carbocycles. The average molecular weight is 435 g/mol. The Kier molecular flexibility index (Phi) is 5.58. The minimum atomic E-state index is -3.84. The normalized spacial score (nSPS) is 18.4.